The average molecular weight is 269 g/mol. The van der Waals surface area contributed by atoms with E-state index in [2.05, 4.69) is 18.0 Å². The first-order chi connectivity index (χ1) is 9.26. The highest BCUT2D eigenvalue weighted by molar-refractivity contribution is 7.17. The van der Waals surface area contributed by atoms with Crippen molar-refractivity contribution in [2.45, 2.75) is 12.8 Å². The standard InChI is InChI=1S/C15H15N3S/c1-2-3-9-13-14(17)12(10-16)15(19-13)18-11-7-5-4-6-8-11/h2,4-8,18H,1,3,9,17H2. The van der Waals surface area contributed by atoms with Crippen molar-refractivity contribution in [3.63, 3.8) is 0 Å². The summed E-state index contributed by atoms with van der Waals surface area (Å²) in [6.45, 7) is 3.71. The molecule has 0 saturated carbocycles. The Morgan fingerprint density at radius 2 is 2.11 bits per heavy atom. The highest BCUT2D eigenvalue weighted by Gasteiger charge is 2.15. The monoisotopic (exact) mass is 269 g/mol. The number of nitriles is 1. The first-order valence-corrected chi connectivity index (χ1v) is 6.82. The van der Waals surface area contributed by atoms with Gasteiger partial charge in [0.2, 0.25) is 0 Å². The summed E-state index contributed by atoms with van der Waals surface area (Å²) in [5.74, 6) is 0. The zero-order valence-electron chi connectivity index (χ0n) is 10.5. The van der Waals surface area contributed by atoms with Gasteiger partial charge in [0.15, 0.2) is 0 Å². The molecule has 19 heavy (non-hydrogen) atoms. The van der Waals surface area contributed by atoms with Gasteiger partial charge in [-0.1, -0.05) is 24.3 Å². The van der Waals surface area contributed by atoms with Crippen molar-refractivity contribution >= 4 is 27.7 Å². The van der Waals surface area contributed by atoms with Gasteiger partial charge < -0.3 is 11.1 Å². The van der Waals surface area contributed by atoms with Gasteiger partial charge in [-0.15, -0.1) is 17.9 Å². The number of thiophene rings is 1. The molecular weight excluding hydrogens is 254 g/mol. The number of hydrogen-bond donors (Lipinski definition) is 2. The molecule has 0 spiro atoms. The number of hydrogen-bond acceptors (Lipinski definition) is 4. The summed E-state index contributed by atoms with van der Waals surface area (Å²) in [6.07, 6.45) is 3.54. The molecule has 0 radical (unpaired) electrons. The van der Waals surface area contributed by atoms with Crippen LogP contribution in [0.2, 0.25) is 0 Å². The third-order valence-electron chi connectivity index (χ3n) is 2.74. The lowest BCUT2D eigenvalue weighted by atomic mass is 10.2. The maximum Gasteiger partial charge on any atom is 0.113 e. The Labute approximate surface area is 117 Å². The lowest BCUT2D eigenvalue weighted by Crippen LogP contribution is -1.93. The fourth-order valence-electron chi connectivity index (χ4n) is 1.76. The zero-order valence-corrected chi connectivity index (χ0v) is 11.3. The summed E-state index contributed by atoms with van der Waals surface area (Å²) in [5, 5.41) is 13.3. The van der Waals surface area contributed by atoms with Crippen LogP contribution in [0, 0.1) is 11.3 Å². The van der Waals surface area contributed by atoms with Crippen molar-refractivity contribution in [3.05, 3.63) is 53.4 Å². The topological polar surface area (TPSA) is 61.8 Å². The van der Waals surface area contributed by atoms with Crippen molar-refractivity contribution in [1.29, 1.82) is 5.26 Å². The van der Waals surface area contributed by atoms with Crippen LogP contribution in [-0.4, -0.2) is 0 Å². The number of allylic oxidation sites excluding steroid dienone is 1. The van der Waals surface area contributed by atoms with Gasteiger partial charge in [-0.05, 0) is 25.0 Å². The molecule has 0 bridgehead atoms. The maximum absolute atomic E-state index is 9.23. The van der Waals surface area contributed by atoms with E-state index < -0.39 is 0 Å². The normalized spacial score (nSPS) is 9.84. The van der Waals surface area contributed by atoms with Gasteiger partial charge in [-0.3, -0.25) is 0 Å². The summed E-state index contributed by atoms with van der Waals surface area (Å²) < 4.78 is 0. The Hall–Kier alpha value is -2.25. The molecular formula is C15H15N3S. The summed E-state index contributed by atoms with van der Waals surface area (Å²) >= 11 is 1.54. The van der Waals surface area contributed by atoms with E-state index in [1.165, 1.54) is 11.3 Å². The first-order valence-electron chi connectivity index (χ1n) is 6.00. The Morgan fingerprint density at radius 1 is 1.37 bits per heavy atom. The molecule has 0 aliphatic rings. The minimum Gasteiger partial charge on any atom is -0.397 e. The van der Waals surface area contributed by atoms with Crippen LogP contribution < -0.4 is 11.1 Å². The lowest BCUT2D eigenvalue weighted by Gasteiger charge is -2.03. The number of aryl methyl sites for hydroxylation is 1. The molecule has 0 aliphatic carbocycles. The fraction of sp³-hybridized carbons (Fsp3) is 0.133. The van der Waals surface area contributed by atoms with Crippen LogP contribution in [0.1, 0.15) is 16.9 Å². The third-order valence-corrected chi connectivity index (χ3v) is 3.92. The number of nitrogens with one attached hydrogen (secondary N) is 1. The number of nitrogens with two attached hydrogens (primary N) is 1. The Bertz CT molecular complexity index is 608. The molecule has 1 aromatic heterocycles. The van der Waals surface area contributed by atoms with Crippen LogP contribution in [0.3, 0.4) is 0 Å². The van der Waals surface area contributed by atoms with Gasteiger partial charge in [-0.25, -0.2) is 0 Å². The van der Waals surface area contributed by atoms with Crippen LogP contribution in [-0.2, 0) is 6.42 Å². The van der Waals surface area contributed by atoms with Crippen molar-refractivity contribution in [2.75, 3.05) is 11.1 Å². The SMILES string of the molecule is C=CCCc1sc(Nc2ccccc2)c(C#N)c1N. The molecule has 0 unspecified atom stereocenters. The number of nitrogens with zero attached hydrogens (tertiary/aromatic N) is 1. The van der Waals surface area contributed by atoms with E-state index in [0.29, 0.717) is 11.3 Å². The largest absolute Gasteiger partial charge is 0.397 e. The lowest BCUT2D eigenvalue weighted by molar-refractivity contribution is 1.03. The van der Waals surface area contributed by atoms with Crippen LogP contribution in [0.15, 0.2) is 43.0 Å². The van der Waals surface area contributed by atoms with E-state index in [1.54, 1.807) is 0 Å². The van der Waals surface area contributed by atoms with E-state index in [-0.39, 0.29) is 0 Å². The summed E-state index contributed by atoms with van der Waals surface area (Å²) in [7, 11) is 0. The second-order valence-electron chi connectivity index (χ2n) is 4.07. The second kappa shape index (κ2) is 6.07. The van der Waals surface area contributed by atoms with Gasteiger partial charge in [0.05, 0.1) is 5.69 Å². The van der Waals surface area contributed by atoms with Crippen molar-refractivity contribution in [3.8, 4) is 6.07 Å². The third kappa shape index (κ3) is 2.95. The minimum atomic E-state index is 0.535. The van der Waals surface area contributed by atoms with Gasteiger partial charge in [0.1, 0.15) is 16.6 Å². The highest BCUT2D eigenvalue weighted by Crippen LogP contribution is 2.37. The molecule has 0 saturated heterocycles. The van der Waals surface area contributed by atoms with Crippen LogP contribution in [0.4, 0.5) is 16.4 Å². The quantitative estimate of drug-likeness (QED) is 0.804. The van der Waals surface area contributed by atoms with Crippen LogP contribution in [0.5, 0.6) is 0 Å². The predicted molar refractivity (Wildman–Crippen MR) is 81.7 cm³/mol. The van der Waals surface area contributed by atoms with Gasteiger partial charge in [-0.2, -0.15) is 5.26 Å². The van der Waals surface area contributed by atoms with Gasteiger partial charge in [0.25, 0.3) is 0 Å². The summed E-state index contributed by atoms with van der Waals surface area (Å²) in [5.41, 5.74) is 8.10. The van der Waals surface area contributed by atoms with E-state index in [1.807, 2.05) is 36.4 Å². The van der Waals surface area contributed by atoms with E-state index >= 15 is 0 Å². The number of benzene rings is 1. The minimum absolute atomic E-state index is 0.535. The summed E-state index contributed by atoms with van der Waals surface area (Å²) in [6, 6.07) is 11.9. The Morgan fingerprint density at radius 3 is 2.74 bits per heavy atom. The number of anilines is 3. The first kappa shape index (κ1) is 13.2. The highest BCUT2D eigenvalue weighted by atomic mass is 32.1. The van der Waals surface area contributed by atoms with E-state index in [9.17, 15) is 5.26 Å². The molecule has 0 aliphatic heterocycles. The molecule has 3 N–H and O–H groups in total. The van der Waals surface area contributed by atoms with Gasteiger partial charge >= 0.3 is 0 Å². The average Bonchev–Trinajstić information content (AvgIpc) is 2.73. The predicted octanol–water partition coefficient (Wildman–Crippen LogP) is 4.06. The van der Waals surface area contributed by atoms with Gasteiger partial charge in [0, 0.05) is 10.6 Å². The van der Waals surface area contributed by atoms with Crippen LogP contribution in [0.25, 0.3) is 0 Å². The molecule has 2 rings (SSSR count). The van der Waals surface area contributed by atoms with E-state index in [0.717, 1.165) is 28.4 Å². The number of nitrogen functional groups attached to an aromatic ring is 1. The number of para-hydroxylation sites is 1. The van der Waals surface area contributed by atoms with Crippen LogP contribution >= 0.6 is 11.3 Å². The molecule has 3 nitrogen and oxygen atoms in total. The molecule has 1 heterocycles. The smallest absolute Gasteiger partial charge is 0.113 e. The molecule has 0 atom stereocenters. The molecule has 96 valence electrons. The molecule has 4 heteroatoms. The number of rotatable bonds is 5. The molecule has 0 amide bonds. The molecule has 0 fully saturated rings. The van der Waals surface area contributed by atoms with Crippen molar-refractivity contribution in [1.82, 2.24) is 0 Å². The Balaban J connectivity index is 2.30. The summed E-state index contributed by atoms with van der Waals surface area (Å²) in [4.78, 5) is 1.04. The molecule has 1 aromatic carbocycles. The zero-order chi connectivity index (χ0) is 13.7. The van der Waals surface area contributed by atoms with Crippen molar-refractivity contribution < 1.29 is 0 Å². The molecule has 2 aromatic rings. The fourth-order valence-corrected chi connectivity index (χ4v) is 2.87. The maximum atomic E-state index is 9.23. The Kier molecular flexibility index (Phi) is 4.22. The van der Waals surface area contributed by atoms with Crippen molar-refractivity contribution in [2.24, 2.45) is 0 Å². The van der Waals surface area contributed by atoms with E-state index in [4.69, 9.17) is 5.73 Å². The second-order valence-corrected chi connectivity index (χ2v) is 5.18.